The molecule has 1 aliphatic heterocycles. The zero-order valence-corrected chi connectivity index (χ0v) is 16.1. The molecular formula is C22H25ClN2O2. The number of hydrogen-bond donors (Lipinski definition) is 1. The summed E-state index contributed by atoms with van der Waals surface area (Å²) in [6.45, 7) is 1.81. The van der Waals surface area contributed by atoms with Gasteiger partial charge in [0.1, 0.15) is 0 Å². The van der Waals surface area contributed by atoms with Gasteiger partial charge in [-0.15, -0.1) is 0 Å². The molecule has 142 valence electrons. The Morgan fingerprint density at radius 1 is 1.04 bits per heavy atom. The number of aryl methyl sites for hydroxylation is 1. The molecule has 1 unspecified atom stereocenters. The lowest BCUT2D eigenvalue weighted by molar-refractivity contribution is -0.129. The van der Waals surface area contributed by atoms with E-state index in [1.54, 1.807) is 0 Å². The predicted molar refractivity (Wildman–Crippen MR) is 108 cm³/mol. The zero-order valence-electron chi connectivity index (χ0n) is 15.4. The van der Waals surface area contributed by atoms with Gasteiger partial charge < -0.3 is 10.2 Å². The number of carbonyl (C=O) groups excluding carboxylic acids is 2. The van der Waals surface area contributed by atoms with Gasteiger partial charge in [-0.25, -0.2) is 0 Å². The Kier molecular flexibility index (Phi) is 6.88. The highest BCUT2D eigenvalue weighted by Crippen LogP contribution is 2.19. The molecule has 4 nitrogen and oxygen atoms in total. The molecule has 0 bridgehead atoms. The SMILES string of the molecule is O=C(NCCc1ccc(Cl)cc1)C1CC(=O)N(CCCc2ccccc2)C1. The van der Waals surface area contributed by atoms with Crippen LogP contribution in [0.5, 0.6) is 0 Å². The van der Waals surface area contributed by atoms with Gasteiger partial charge in [0.05, 0.1) is 5.92 Å². The summed E-state index contributed by atoms with van der Waals surface area (Å²) in [5, 5.41) is 3.67. The van der Waals surface area contributed by atoms with E-state index in [4.69, 9.17) is 11.6 Å². The van der Waals surface area contributed by atoms with Crippen molar-refractivity contribution in [2.75, 3.05) is 19.6 Å². The number of likely N-dealkylation sites (tertiary alicyclic amines) is 1. The number of nitrogens with one attached hydrogen (secondary N) is 1. The molecule has 1 heterocycles. The van der Waals surface area contributed by atoms with E-state index in [9.17, 15) is 9.59 Å². The third-order valence-electron chi connectivity index (χ3n) is 4.95. The molecule has 1 N–H and O–H groups in total. The van der Waals surface area contributed by atoms with Crippen LogP contribution in [0.1, 0.15) is 24.0 Å². The van der Waals surface area contributed by atoms with E-state index in [-0.39, 0.29) is 17.7 Å². The molecule has 2 amide bonds. The molecule has 1 saturated heterocycles. The minimum absolute atomic E-state index is 0.0251. The van der Waals surface area contributed by atoms with Gasteiger partial charge in [-0.05, 0) is 42.5 Å². The van der Waals surface area contributed by atoms with E-state index in [2.05, 4.69) is 17.4 Å². The first-order valence-electron chi connectivity index (χ1n) is 9.45. The topological polar surface area (TPSA) is 49.4 Å². The third kappa shape index (κ3) is 5.83. The number of rotatable bonds is 8. The number of halogens is 1. The first kappa shape index (κ1) is 19.4. The predicted octanol–water partition coefficient (Wildman–Crippen LogP) is 3.48. The van der Waals surface area contributed by atoms with Crippen LogP contribution in [0.3, 0.4) is 0 Å². The molecule has 3 rings (SSSR count). The summed E-state index contributed by atoms with van der Waals surface area (Å²) in [6, 6.07) is 17.9. The molecule has 0 aromatic heterocycles. The molecule has 27 heavy (non-hydrogen) atoms. The van der Waals surface area contributed by atoms with Gasteiger partial charge in [-0.2, -0.15) is 0 Å². The minimum Gasteiger partial charge on any atom is -0.355 e. The van der Waals surface area contributed by atoms with E-state index in [0.29, 0.717) is 31.1 Å². The maximum absolute atomic E-state index is 12.4. The van der Waals surface area contributed by atoms with E-state index < -0.39 is 0 Å². The van der Waals surface area contributed by atoms with Crippen molar-refractivity contribution in [2.24, 2.45) is 5.92 Å². The fraction of sp³-hybridized carbons (Fsp3) is 0.364. The molecule has 2 aromatic rings. The quantitative estimate of drug-likeness (QED) is 0.757. The van der Waals surface area contributed by atoms with E-state index in [1.165, 1.54) is 5.56 Å². The average molecular weight is 385 g/mol. The normalized spacial score (nSPS) is 16.6. The van der Waals surface area contributed by atoms with Crippen molar-refractivity contribution in [1.29, 1.82) is 0 Å². The van der Waals surface area contributed by atoms with Crippen LogP contribution in [0.4, 0.5) is 0 Å². The van der Waals surface area contributed by atoms with Gasteiger partial charge >= 0.3 is 0 Å². The van der Waals surface area contributed by atoms with Crippen molar-refractivity contribution in [1.82, 2.24) is 10.2 Å². The molecule has 1 atom stereocenters. The number of nitrogens with zero attached hydrogens (tertiary/aromatic N) is 1. The minimum atomic E-state index is -0.237. The molecule has 1 fully saturated rings. The van der Waals surface area contributed by atoms with Crippen LogP contribution in [0, 0.1) is 5.92 Å². The fourth-order valence-electron chi connectivity index (χ4n) is 3.41. The van der Waals surface area contributed by atoms with Gasteiger partial charge in [0.25, 0.3) is 0 Å². The van der Waals surface area contributed by atoms with Crippen molar-refractivity contribution in [3.8, 4) is 0 Å². The van der Waals surface area contributed by atoms with Gasteiger partial charge in [0.15, 0.2) is 0 Å². The summed E-state index contributed by atoms with van der Waals surface area (Å²) in [5.74, 6) is -0.178. The van der Waals surface area contributed by atoms with Crippen LogP contribution in [-0.4, -0.2) is 36.3 Å². The highest BCUT2D eigenvalue weighted by molar-refractivity contribution is 6.30. The summed E-state index contributed by atoms with van der Waals surface area (Å²) >= 11 is 5.87. The lowest BCUT2D eigenvalue weighted by Crippen LogP contribution is -2.34. The van der Waals surface area contributed by atoms with E-state index in [1.807, 2.05) is 47.4 Å². The van der Waals surface area contributed by atoms with Crippen molar-refractivity contribution < 1.29 is 9.59 Å². The number of hydrogen-bond acceptors (Lipinski definition) is 2. The van der Waals surface area contributed by atoms with Crippen molar-refractivity contribution >= 4 is 23.4 Å². The lowest BCUT2D eigenvalue weighted by Gasteiger charge is -2.16. The molecule has 1 aliphatic rings. The second kappa shape index (κ2) is 9.56. The molecule has 0 aliphatic carbocycles. The standard InChI is InChI=1S/C22H25ClN2O2/c23-20-10-8-18(9-11-20)12-13-24-22(27)19-15-21(26)25(16-19)14-4-7-17-5-2-1-3-6-17/h1-3,5-6,8-11,19H,4,7,12-16H2,(H,24,27). The summed E-state index contributed by atoms with van der Waals surface area (Å²) in [5.41, 5.74) is 2.41. The van der Waals surface area contributed by atoms with Crippen molar-refractivity contribution in [3.05, 3.63) is 70.7 Å². The molecule has 5 heteroatoms. The van der Waals surface area contributed by atoms with Crippen LogP contribution in [0.15, 0.2) is 54.6 Å². The molecular weight excluding hydrogens is 360 g/mol. The highest BCUT2D eigenvalue weighted by Gasteiger charge is 2.33. The van der Waals surface area contributed by atoms with E-state index in [0.717, 1.165) is 24.8 Å². The monoisotopic (exact) mass is 384 g/mol. The summed E-state index contributed by atoms with van der Waals surface area (Å²) in [7, 11) is 0. The number of benzene rings is 2. The third-order valence-corrected chi connectivity index (χ3v) is 5.20. The molecule has 2 aromatic carbocycles. The molecule has 0 spiro atoms. The molecule has 0 radical (unpaired) electrons. The fourth-order valence-corrected chi connectivity index (χ4v) is 3.53. The van der Waals surface area contributed by atoms with Crippen LogP contribution >= 0.6 is 11.6 Å². The van der Waals surface area contributed by atoms with Crippen molar-refractivity contribution in [2.45, 2.75) is 25.7 Å². The Balaban J connectivity index is 1.38. The van der Waals surface area contributed by atoms with Crippen LogP contribution in [-0.2, 0) is 22.4 Å². The van der Waals surface area contributed by atoms with Crippen LogP contribution < -0.4 is 5.32 Å². The second-order valence-electron chi connectivity index (χ2n) is 7.00. The van der Waals surface area contributed by atoms with Gasteiger partial charge in [0, 0.05) is 31.1 Å². The summed E-state index contributed by atoms with van der Waals surface area (Å²) < 4.78 is 0. The average Bonchev–Trinajstić information content (AvgIpc) is 3.05. The van der Waals surface area contributed by atoms with Gasteiger partial charge in [0.2, 0.25) is 11.8 Å². The summed E-state index contributed by atoms with van der Waals surface area (Å²) in [4.78, 5) is 26.4. The van der Waals surface area contributed by atoms with Gasteiger partial charge in [-0.3, -0.25) is 9.59 Å². The van der Waals surface area contributed by atoms with Crippen molar-refractivity contribution in [3.63, 3.8) is 0 Å². The Morgan fingerprint density at radius 3 is 2.48 bits per heavy atom. The first-order chi connectivity index (χ1) is 13.1. The largest absolute Gasteiger partial charge is 0.355 e. The number of amides is 2. The first-order valence-corrected chi connectivity index (χ1v) is 9.83. The van der Waals surface area contributed by atoms with E-state index >= 15 is 0 Å². The zero-order chi connectivity index (χ0) is 19.1. The van der Waals surface area contributed by atoms with Crippen LogP contribution in [0.25, 0.3) is 0 Å². The Morgan fingerprint density at radius 2 is 1.74 bits per heavy atom. The van der Waals surface area contributed by atoms with Crippen LogP contribution in [0.2, 0.25) is 5.02 Å². The number of carbonyl (C=O) groups is 2. The maximum Gasteiger partial charge on any atom is 0.225 e. The second-order valence-corrected chi connectivity index (χ2v) is 7.43. The molecule has 0 saturated carbocycles. The Labute approximate surface area is 165 Å². The summed E-state index contributed by atoms with van der Waals surface area (Å²) in [6.07, 6.45) is 2.94. The van der Waals surface area contributed by atoms with Gasteiger partial charge in [-0.1, -0.05) is 54.1 Å². The smallest absolute Gasteiger partial charge is 0.225 e. The Hall–Kier alpha value is -2.33. The lowest BCUT2D eigenvalue weighted by atomic mass is 10.1. The maximum atomic E-state index is 12.4. The highest BCUT2D eigenvalue weighted by atomic mass is 35.5. The Bertz CT molecular complexity index is 762.